The van der Waals surface area contributed by atoms with E-state index in [2.05, 4.69) is 0 Å². The summed E-state index contributed by atoms with van der Waals surface area (Å²) in [5.74, 6) is -1.77. The third kappa shape index (κ3) is 2.03. The number of anilines is 1. The first-order valence-electron chi connectivity index (χ1n) is 3.94. The Kier molecular flexibility index (Phi) is 2.61. The summed E-state index contributed by atoms with van der Waals surface area (Å²) in [5, 5.41) is 9.25. The van der Waals surface area contributed by atoms with Gasteiger partial charge in [-0.3, -0.25) is 4.79 Å². The third-order valence-electron chi connectivity index (χ3n) is 1.87. The quantitative estimate of drug-likeness (QED) is 0.562. The van der Waals surface area contributed by atoms with Gasteiger partial charge in [0.15, 0.2) is 5.78 Å². The van der Waals surface area contributed by atoms with E-state index in [0.29, 0.717) is 0 Å². The van der Waals surface area contributed by atoms with Crippen LogP contribution in [0.2, 0.25) is 0 Å². The van der Waals surface area contributed by atoms with E-state index >= 15 is 0 Å². The Hall–Kier alpha value is -1.72. The predicted molar refractivity (Wildman–Crippen MR) is 47.5 cm³/mol. The normalized spacial score (nSPS) is 11.5. The van der Waals surface area contributed by atoms with Crippen LogP contribution in [-0.2, 0) is 6.18 Å². The van der Waals surface area contributed by atoms with Gasteiger partial charge in [0, 0.05) is 5.69 Å². The van der Waals surface area contributed by atoms with Crippen molar-refractivity contribution in [1.82, 2.24) is 0 Å². The van der Waals surface area contributed by atoms with E-state index in [0.717, 1.165) is 19.1 Å². The second kappa shape index (κ2) is 3.45. The summed E-state index contributed by atoms with van der Waals surface area (Å²) >= 11 is 0. The van der Waals surface area contributed by atoms with Crippen LogP contribution in [0, 0.1) is 0 Å². The number of nitrogens with two attached hydrogens (primary N) is 1. The summed E-state index contributed by atoms with van der Waals surface area (Å²) in [6.45, 7) is 1.06. The molecule has 1 aromatic carbocycles. The molecular weight excluding hydrogens is 211 g/mol. The van der Waals surface area contributed by atoms with Gasteiger partial charge in [0.05, 0.1) is 5.56 Å². The summed E-state index contributed by atoms with van der Waals surface area (Å²) in [4.78, 5) is 10.9. The highest BCUT2D eigenvalue weighted by atomic mass is 19.4. The van der Waals surface area contributed by atoms with Crippen LogP contribution in [0.5, 0.6) is 5.75 Å². The molecule has 0 unspecified atom stereocenters. The highest BCUT2D eigenvalue weighted by Crippen LogP contribution is 2.41. The Balaban J connectivity index is 3.51. The van der Waals surface area contributed by atoms with E-state index < -0.39 is 34.5 Å². The van der Waals surface area contributed by atoms with Gasteiger partial charge in [0.1, 0.15) is 11.3 Å². The number of hydrogen-bond acceptors (Lipinski definition) is 3. The number of phenols is 1. The number of benzene rings is 1. The summed E-state index contributed by atoms with van der Waals surface area (Å²) < 4.78 is 37.2. The van der Waals surface area contributed by atoms with Crippen molar-refractivity contribution in [1.29, 1.82) is 0 Å². The molecule has 0 bridgehead atoms. The number of carbonyl (C=O) groups is 1. The Bertz CT molecular complexity index is 413. The Morgan fingerprint density at radius 1 is 1.40 bits per heavy atom. The standard InChI is InChI=1S/C9H8F3NO2/c1-4(14)5-2-3-6(13)7(8(5)15)9(10,11)12/h2-3,15H,13H2,1H3. The van der Waals surface area contributed by atoms with Crippen LogP contribution in [0.15, 0.2) is 12.1 Å². The number of hydrogen-bond donors (Lipinski definition) is 2. The fourth-order valence-electron chi connectivity index (χ4n) is 1.19. The molecule has 6 heteroatoms. The van der Waals surface area contributed by atoms with Crippen molar-refractivity contribution < 1.29 is 23.1 Å². The van der Waals surface area contributed by atoms with E-state index in [4.69, 9.17) is 5.73 Å². The summed E-state index contributed by atoms with van der Waals surface area (Å²) in [6, 6.07) is 2.00. The van der Waals surface area contributed by atoms with Gasteiger partial charge in [-0.05, 0) is 19.1 Å². The maximum Gasteiger partial charge on any atom is 0.421 e. The van der Waals surface area contributed by atoms with E-state index in [9.17, 15) is 23.1 Å². The SMILES string of the molecule is CC(=O)c1ccc(N)c(C(F)(F)F)c1O. The third-order valence-corrected chi connectivity index (χ3v) is 1.87. The molecule has 1 rings (SSSR count). The van der Waals surface area contributed by atoms with Crippen molar-refractivity contribution in [3.8, 4) is 5.75 Å². The van der Waals surface area contributed by atoms with Crippen LogP contribution in [-0.4, -0.2) is 10.9 Å². The number of alkyl halides is 3. The number of carbonyl (C=O) groups excluding carboxylic acids is 1. The zero-order valence-corrected chi connectivity index (χ0v) is 7.72. The number of rotatable bonds is 1. The second-order valence-corrected chi connectivity index (χ2v) is 2.98. The Morgan fingerprint density at radius 3 is 2.33 bits per heavy atom. The zero-order chi connectivity index (χ0) is 11.8. The minimum atomic E-state index is -4.78. The monoisotopic (exact) mass is 219 g/mol. The van der Waals surface area contributed by atoms with Gasteiger partial charge < -0.3 is 10.8 Å². The minimum Gasteiger partial charge on any atom is -0.506 e. The number of nitrogen functional groups attached to an aromatic ring is 1. The lowest BCUT2D eigenvalue weighted by Crippen LogP contribution is -2.11. The molecule has 0 heterocycles. The van der Waals surface area contributed by atoms with E-state index in [-0.39, 0.29) is 0 Å². The van der Waals surface area contributed by atoms with Crippen LogP contribution in [0.1, 0.15) is 22.8 Å². The van der Waals surface area contributed by atoms with Crippen LogP contribution in [0.3, 0.4) is 0 Å². The van der Waals surface area contributed by atoms with Crippen molar-refractivity contribution in [2.75, 3.05) is 5.73 Å². The van der Waals surface area contributed by atoms with Gasteiger partial charge in [0.2, 0.25) is 0 Å². The van der Waals surface area contributed by atoms with Crippen molar-refractivity contribution in [3.63, 3.8) is 0 Å². The molecule has 0 aromatic heterocycles. The molecule has 1 aromatic rings. The van der Waals surface area contributed by atoms with Crippen LogP contribution < -0.4 is 5.73 Å². The lowest BCUT2D eigenvalue weighted by atomic mass is 10.0. The van der Waals surface area contributed by atoms with Crippen LogP contribution in [0.4, 0.5) is 18.9 Å². The molecule has 0 fully saturated rings. The first-order valence-corrected chi connectivity index (χ1v) is 3.94. The average molecular weight is 219 g/mol. The molecular formula is C9H8F3NO2. The highest BCUT2D eigenvalue weighted by Gasteiger charge is 2.37. The maximum atomic E-state index is 12.4. The van der Waals surface area contributed by atoms with Gasteiger partial charge in [-0.2, -0.15) is 13.2 Å². The molecule has 0 radical (unpaired) electrons. The number of phenolic OH excluding ortho intramolecular Hbond substituents is 1. The van der Waals surface area contributed by atoms with Crippen molar-refractivity contribution >= 4 is 11.5 Å². The molecule has 0 saturated carbocycles. The lowest BCUT2D eigenvalue weighted by molar-refractivity contribution is -0.138. The molecule has 0 atom stereocenters. The fourth-order valence-corrected chi connectivity index (χ4v) is 1.19. The Labute approximate surface area is 83.3 Å². The molecule has 0 aliphatic rings. The smallest absolute Gasteiger partial charge is 0.421 e. The Morgan fingerprint density at radius 2 is 1.93 bits per heavy atom. The molecule has 0 aliphatic carbocycles. The fraction of sp³-hybridized carbons (Fsp3) is 0.222. The topological polar surface area (TPSA) is 63.3 Å². The van der Waals surface area contributed by atoms with Crippen molar-refractivity contribution in [2.45, 2.75) is 13.1 Å². The van der Waals surface area contributed by atoms with E-state index in [1.165, 1.54) is 0 Å². The number of Topliss-reactive ketones (excluding diaryl/α,β-unsaturated/α-hetero) is 1. The van der Waals surface area contributed by atoms with Gasteiger partial charge in [-0.1, -0.05) is 0 Å². The summed E-state index contributed by atoms with van der Waals surface area (Å²) in [7, 11) is 0. The van der Waals surface area contributed by atoms with Gasteiger partial charge in [0.25, 0.3) is 0 Å². The molecule has 0 aliphatic heterocycles. The predicted octanol–water partition coefficient (Wildman–Crippen LogP) is 2.20. The zero-order valence-electron chi connectivity index (χ0n) is 7.72. The molecule has 3 N–H and O–H groups in total. The molecule has 0 spiro atoms. The average Bonchev–Trinajstić information content (AvgIpc) is 2.00. The summed E-state index contributed by atoms with van der Waals surface area (Å²) in [5.41, 5.74) is 2.72. The van der Waals surface area contributed by atoms with Gasteiger partial charge in [-0.25, -0.2) is 0 Å². The molecule has 0 saturated heterocycles. The largest absolute Gasteiger partial charge is 0.506 e. The molecule has 3 nitrogen and oxygen atoms in total. The van der Waals surface area contributed by atoms with Gasteiger partial charge in [-0.15, -0.1) is 0 Å². The summed E-state index contributed by atoms with van der Waals surface area (Å²) in [6.07, 6.45) is -4.78. The molecule has 82 valence electrons. The molecule has 0 amide bonds. The number of ketones is 1. The first kappa shape index (κ1) is 11.4. The van der Waals surface area contributed by atoms with Crippen molar-refractivity contribution in [2.24, 2.45) is 0 Å². The first-order chi connectivity index (χ1) is 6.75. The van der Waals surface area contributed by atoms with E-state index in [1.54, 1.807) is 0 Å². The van der Waals surface area contributed by atoms with Gasteiger partial charge >= 0.3 is 6.18 Å². The maximum absolute atomic E-state index is 12.4. The van der Waals surface area contributed by atoms with Crippen LogP contribution in [0.25, 0.3) is 0 Å². The van der Waals surface area contributed by atoms with E-state index in [1.807, 2.05) is 0 Å². The lowest BCUT2D eigenvalue weighted by Gasteiger charge is -2.13. The number of aromatic hydroxyl groups is 1. The highest BCUT2D eigenvalue weighted by molar-refractivity contribution is 5.97. The molecule has 15 heavy (non-hydrogen) atoms. The second-order valence-electron chi connectivity index (χ2n) is 2.98. The van der Waals surface area contributed by atoms with Crippen molar-refractivity contribution in [3.05, 3.63) is 23.3 Å². The van der Waals surface area contributed by atoms with Crippen LogP contribution >= 0.6 is 0 Å². The number of halogens is 3. The minimum absolute atomic E-state index is 0.392.